The molecule has 1 aromatic heterocycles. The highest BCUT2D eigenvalue weighted by molar-refractivity contribution is 6.29. The zero-order chi connectivity index (χ0) is 22.7. The molecule has 2 aliphatic rings. The number of aromatic nitrogens is 1. The molecule has 0 atom stereocenters. The van der Waals surface area contributed by atoms with Crippen molar-refractivity contribution >= 4 is 23.4 Å². The van der Waals surface area contributed by atoms with Crippen molar-refractivity contribution in [1.82, 2.24) is 14.8 Å². The summed E-state index contributed by atoms with van der Waals surface area (Å²) in [7, 11) is 1.50. The molecule has 0 bridgehead atoms. The molecule has 2 aliphatic heterocycles. The molecule has 0 radical (unpaired) electrons. The molecule has 2 amide bonds. The summed E-state index contributed by atoms with van der Waals surface area (Å²) in [5.74, 6) is 1.09. The smallest absolute Gasteiger partial charge is 0.254 e. The summed E-state index contributed by atoms with van der Waals surface area (Å²) in [5.41, 5.74) is 1.23. The molecule has 2 fully saturated rings. The summed E-state index contributed by atoms with van der Waals surface area (Å²) >= 11 is 6.04. The molecule has 1 aromatic carbocycles. The molecule has 0 aliphatic carbocycles. The van der Waals surface area contributed by atoms with Crippen molar-refractivity contribution in [3.63, 3.8) is 0 Å². The number of benzene rings is 1. The van der Waals surface area contributed by atoms with Crippen molar-refractivity contribution in [2.24, 2.45) is 5.41 Å². The van der Waals surface area contributed by atoms with Crippen molar-refractivity contribution < 1.29 is 19.1 Å². The minimum absolute atomic E-state index is 0.0485. The lowest BCUT2D eigenvalue weighted by Crippen LogP contribution is -2.44. The van der Waals surface area contributed by atoms with Crippen molar-refractivity contribution in [1.29, 1.82) is 0 Å². The van der Waals surface area contributed by atoms with Crippen LogP contribution in [0, 0.1) is 5.41 Å². The van der Waals surface area contributed by atoms with Gasteiger partial charge in [-0.15, -0.1) is 0 Å². The standard InChI is InChI=1S/C24H28ClN3O4/c1-3-32-19-6-4-17(5-7-19)22(29)27-11-8-24(9-12-27)10-13-28(16-24)23(30)18-14-20(25)26-21(15-18)31-2/h4-7,14-15H,3,8-13,16H2,1-2H3. The van der Waals surface area contributed by atoms with Crippen LogP contribution in [0.3, 0.4) is 0 Å². The molecule has 32 heavy (non-hydrogen) atoms. The van der Waals surface area contributed by atoms with Gasteiger partial charge in [-0.2, -0.15) is 0 Å². The van der Waals surface area contributed by atoms with Crippen LogP contribution in [0.4, 0.5) is 0 Å². The average molecular weight is 458 g/mol. The SMILES string of the molecule is CCOc1ccc(C(=O)N2CCC3(CC2)CCN(C(=O)c2cc(Cl)nc(OC)c2)C3)cc1. The Morgan fingerprint density at radius 1 is 1.00 bits per heavy atom. The number of carbonyl (C=O) groups excluding carboxylic acids is 2. The Bertz CT molecular complexity index is 987. The van der Waals surface area contributed by atoms with Gasteiger partial charge in [0.05, 0.1) is 13.7 Å². The Morgan fingerprint density at radius 3 is 2.25 bits per heavy atom. The van der Waals surface area contributed by atoms with Crippen LogP contribution in [-0.4, -0.2) is 66.5 Å². The first kappa shape index (κ1) is 22.4. The number of amides is 2. The van der Waals surface area contributed by atoms with Crippen LogP contribution in [0.25, 0.3) is 0 Å². The van der Waals surface area contributed by atoms with Crippen molar-refractivity contribution in [3.8, 4) is 11.6 Å². The molecular weight excluding hydrogens is 430 g/mol. The normalized spacial score (nSPS) is 17.5. The van der Waals surface area contributed by atoms with Crippen molar-refractivity contribution in [3.05, 3.63) is 52.7 Å². The number of nitrogens with zero attached hydrogens (tertiary/aromatic N) is 3. The van der Waals surface area contributed by atoms with Crippen molar-refractivity contribution in [2.45, 2.75) is 26.2 Å². The highest BCUT2D eigenvalue weighted by atomic mass is 35.5. The second-order valence-electron chi connectivity index (χ2n) is 8.45. The highest BCUT2D eigenvalue weighted by Crippen LogP contribution is 2.41. The van der Waals surface area contributed by atoms with E-state index in [-0.39, 0.29) is 22.4 Å². The third kappa shape index (κ3) is 4.67. The van der Waals surface area contributed by atoms with Crippen LogP contribution in [0.5, 0.6) is 11.6 Å². The third-order valence-corrected chi connectivity index (χ3v) is 6.67. The fourth-order valence-corrected chi connectivity index (χ4v) is 4.83. The first-order valence-electron chi connectivity index (χ1n) is 11.0. The molecule has 170 valence electrons. The Balaban J connectivity index is 1.36. The summed E-state index contributed by atoms with van der Waals surface area (Å²) < 4.78 is 10.6. The van der Waals surface area contributed by atoms with E-state index in [4.69, 9.17) is 21.1 Å². The average Bonchev–Trinajstić information content (AvgIpc) is 3.22. The van der Waals surface area contributed by atoms with Crippen LogP contribution in [0.15, 0.2) is 36.4 Å². The number of methoxy groups -OCH3 is 1. The number of carbonyl (C=O) groups is 2. The predicted molar refractivity (Wildman–Crippen MR) is 122 cm³/mol. The lowest BCUT2D eigenvalue weighted by atomic mass is 9.77. The van der Waals surface area contributed by atoms with E-state index >= 15 is 0 Å². The predicted octanol–water partition coefficient (Wildman–Crippen LogP) is 3.91. The molecule has 0 saturated carbocycles. The minimum atomic E-state index is -0.0580. The highest BCUT2D eigenvalue weighted by Gasteiger charge is 2.43. The molecule has 2 saturated heterocycles. The van der Waals surface area contributed by atoms with Crippen LogP contribution in [-0.2, 0) is 0 Å². The van der Waals surface area contributed by atoms with Crippen LogP contribution in [0.1, 0.15) is 46.9 Å². The second-order valence-corrected chi connectivity index (χ2v) is 8.83. The lowest BCUT2D eigenvalue weighted by molar-refractivity contribution is 0.0565. The van der Waals surface area contributed by atoms with E-state index in [2.05, 4.69) is 4.98 Å². The van der Waals surface area contributed by atoms with Gasteiger partial charge in [0.15, 0.2) is 0 Å². The topological polar surface area (TPSA) is 72.0 Å². The molecule has 0 N–H and O–H groups in total. The van der Waals surface area contributed by atoms with Gasteiger partial charge in [0.1, 0.15) is 10.9 Å². The van der Waals surface area contributed by atoms with Gasteiger partial charge >= 0.3 is 0 Å². The molecule has 7 nitrogen and oxygen atoms in total. The molecule has 0 unspecified atom stereocenters. The van der Waals surface area contributed by atoms with Crippen LogP contribution < -0.4 is 9.47 Å². The van der Waals surface area contributed by atoms with Crippen LogP contribution >= 0.6 is 11.6 Å². The van der Waals surface area contributed by atoms with Gasteiger partial charge in [-0.25, -0.2) is 4.98 Å². The van der Waals surface area contributed by atoms with Gasteiger partial charge in [0.25, 0.3) is 11.8 Å². The van der Waals surface area contributed by atoms with Gasteiger partial charge in [0.2, 0.25) is 5.88 Å². The van der Waals surface area contributed by atoms with E-state index in [1.165, 1.54) is 7.11 Å². The Kier molecular flexibility index (Phi) is 6.55. The monoisotopic (exact) mass is 457 g/mol. The van der Waals surface area contributed by atoms with E-state index in [9.17, 15) is 9.59 Å². The summed E-state index contributed by atoms with van der Waals surface area (Å²) in [4.78, 5) is 33.8. The van der Waals surface area contributed by atoms with Crippen molar-refractivity contribution in [2.75, 3.05) is 39.9 Å². The summed E-state index contributed by atoms with van der Waals surface area (Å²) in [6, 6.07) is 10.5. The maximum Gasteiger partial charge on any atom is 0.254 e. The summed E-state index contributed by atoms with van der Waals surface area (Å²) in [5, 5.41) is 0.239. The number of piperidine rings is 1. The number of likely N-dealkylation sites (tertiary alicyclic amines) is 2. The van der Waals surface area contributed by atoms with E-state index in [0.29, 0.717) is 49.8 Å². The summed E-state index contributed by atoms with van der Waals surface area (Å²) in [6.45, 7) is 5.32. The molecule has 8 heteroatoms. The molecule has 2 aromatic rings. The number of pyridine rings is 1. The van der Waals surface area contributed by atoms with E-state index in [1.807, 2.05) is 41.0 Å². The fourth-order valence-electron chi connectivity index (χ4n) is 4.63. The van der Waals surface area contributed by atoms with Crippen LogP contribution in [0.2, 0.25) is 5.15 Å². The minimum Gasteiger partial charge on any atom is -0.494 e. The van der Waals surface area contributed by atoms with E-state index in [1.54, 1.807) is 12.1 Å². The quantitative estimate of drug-likeness (QED) is 0.636. The van der Waals surface area contributed by atoms with Gasteiger partial charge in [0, 0.05) is 43.4 Å². The Morgan fingerprint density at radius 2 is 1.62 bits per heavy atom. The van der Waals surface area contributed by atoms with Gasteiger partial charge in [-0.3, -0.25) is 9.59 Å². The van der Waals surface area contributed by atoms with Gasteiger partial charge in [-0.05, 0) is 61.9 Å². The number of hydrogen-bond acceptors (Lipinski definition) is 5. The fraction of sp³-hybridized carbons (Fsp3) is 0.458. The maximum absolute atomic E-state index is 13.0. The molecule has 3 heterocycles. The third-order valence-electron chi connectivity index (χ3n) is 6.48. The largest absolute Gasteiger partial charge is 0.494 e. The Labute approximate surface area is 193 Å². The summed E-state index contributed by atoms with van der Waals surface area (Å²) in [6.07, 6.45) is 2.72. The van der Waals surface area contributed by atoms with E-state index in [0.717, 1.165) is 25.0 Å². The molecular formula is C24H28ClN3O4. The number of hydrogen-bond donors (Lipinski definition) is 0. The zero-order valence-electron chi connectivity index (χ0n) is 18.5. The van der Waals surface area contributed by atoms with E-state index < -0.39 is 0 Å². The first-order chi connectivity index (χ1) is 15.4. The lowest BCUT2D eigenvalue weighted by Gasteiger charge is -2.39. The number of rotatable bonds is 5. The van der Waals surface area contributed by atoms with Gasteiger partial charge < -0.3 is 19.3 Å². The first-order valence-corrected chi connectivity index (χ1v) is 11.3. The number of halogens is 1. The maximum atomic E-state index is 13.0. The zero-order valence-corrected chi connectivity index (χ0v) is 19.2. The van der Waals surface area contributed by atoms with Gasteiger partial charge in [-0.1, -0.05) is 11.6 Å². The Hall–Kier alpha value is -2.80. The number of ether oxygens (including phenoxy) is 2. The molecule has 4 rings (SSSR count). The second kappa shape index (κ2) is 9.36. The molecule has 1 spiro atoms.